The van der Waals surface area contributed by atoms with E-state index in [0.29, 0.717) is 24.0 Å². The fourth-order valence-corrected chi connectivity index (χ4v) is 5.42. The van der Waals surface area contributed by atoms with Crippen LogP contribution in [0.15, 0.2) is 78.9 Å². The van der Waals surface area contributed by atoms with E-state index in [1.54, 1.807) is 6.07 Å². The van der Waals surface area contributed by atoms with E-state index in [0.717, 1.165) is 41.2 Å². The summed E-state index contributed by atoms with van der Waals surface area (Å²) in [6, 6.07) is 26.1. The number of aryl methyl sites for hydroxylation is 1. The highest BCUT2D eigenvalue weighted by Gasteiger charge is 2.25. The van der Waals surface area contributed by atoms with Crippen molar-refractivity contribution in [3.63, 3.8) is 0 Å². The summed E-state index contributed by atoms with van der Waals surface area (Å²) in [5.41, 5.74) is 6.66. The molecule has 1 aliphatic carbocycles. The number of hydrogen-bond donors (Lipinski definition) is 0. The number of halogens is 1. The van der Waals surface area contributed by atoms with Crippen LogP contribution < -0.4 is 0 Å². The molecule has 36 heavy (non-hydrogen) atoms. The third-order valence-corrected chi connectivity index (χ3v) is 7.51. The highest BCUT2D eigenvalue weighted by molar-refractivity contribution is 5.83. The van der Waals surface area contributed by atoms with Gasteiger partial charge in [-0.05, 0) is 80.2 Å². The zero-order chi connectivity index (χ0) is 24.9. The second kappa shape index (κ2) is 11.2. The summed E-state index contributed by atoms with van der Waals surface area (Å²) < 4.78 is 23.2. The lowest BCUT2D eigenvalue weighted by Crippen LogP contribution is -2.22. The van der Waals surface area contributed by atoms with Gasteiger partial charge in [0.25, 0.3) is 0 Å². The summed E-state index contributed by atoms with van der Waals surface area (Å²) in [6.07, 6.45) is 4.72. The molecule has 0 aliphatic heterocycles. The highest BCUT2D eigenvalue weighted by Crippen LogP contribution is 2.37. The van der Waals surface area contributed by atoms with Gasteiger partial charge in [-0.3, -0.25) is 4.68 Å². The van der Waals surface area contributed by atoms with E-state index in [2.05, 4.69) is 48.0 Å². The van der Waals surface area contributed by atoms with Gasteiger partial charge in [-0.15, -0.1) is 0 Å². The van der Waals surface area contributed by atoms with Crippen molar-refractivity contribution in [1.82, 2.24) is 9.78 Å². The molecule has 1 fully saturated rings. The van der Waals surface area contributed by atoms with Gasteiger partial charge in [-0.25, -0.2) is 4.39 Å². The molecule has 0 amide bonds. The zero-order valence-corrected chi connectivity index (χ0v) is 21.3. The fourth-order valence-electron chi connectivity index (χ4n) is 5.42. The minimum atomic E-state index is -0.215. The van der Waals surface area contributed by atoms with Crippen molar-refractivity contribution in [2.45, 2.75) is 52.7 Å². The first-order chi connectivity index (χ1) is 17.6. The summed E-state index contributed by atoms with van der Waals surface area (Å²) in [4.78, 5) is 0. The minimum Gasteiger partial charge on any atom is -0.376 e. The Labute approximate surface area is 213 Å². The maximum atomic E-state index is 15.0. The largest absolute Gasteiger partial charge is 0.376 e. The second-order valence-corrected chi connectivity index (χ2v) is 10.2. The van der Waals surface area contributed by atoms with Crippen LogP contribution in [0.5, 0.6) is 0 Å². The van der Waals surface area contributed by atoms with Crippen molar-refractivity contribution in [3.8, 4) is 22.4 Å². The van der Waals surface area contributed by atoms with Crippen molar-refractivity contribution in [3.05, 3.63) is 102 Å². The van der Waals surface area contributed by atoms with Gasteiger partial charge in [0.2, 0.25) is 0 Å². The van der Waals surface area contributed by atoms with Crippen LogP contribution in [-0.4, -0.2) is 16.4 Å². The van der Waals surface area contributed by atoms with Crippen molar-refractivity contribution < 1.29 is 9.13 Å². The lowest BCUT2D eigenvalue weighted by molar-refractivity contribution is 0.0653. The van der Waals surface area contributed by atoms with Crippen molar-refractivity contribution in [1.29, 1.82) is 0 Å². The molecule has 0 radical (unpaired) electrons. The standard InChI is InChI=1S/C32H35FN2O/c1-23-13-18-29(30(33)19-23)32-31(28-11-7-4-8-12-28)24(2)35(34-32)20-25-14-16-27(17-15-25)22-36-21-26-9-5-3-6-10-26/h3-13,18-19,25,27H,14-17,20-22H2,1-2H3. The molecular formula is C32H35FN2O. The van der Waals surface area contributed by atoms with Gasteiger partial charge < -0.3 is 4.74 Å². The van der Waals surface area contributed by atoms with E-state index in [1.165, 1.54) is 31.2 Å². The number of nitrogens with zero attached hydrogens (tertiary/aromatic N) is 2. The van der Waals surface area contributed by atoms with Crippen LogP contribution in [0, 0.1) is 31.5 Å². The molecule has 0 bridgehead atoms. The molecule has 0 spiro atoms. The Hall–Kier alpha value is -3.24. The third kappa shape index (κ3) is 5.60. The van der Waals surface area contributed by atoms with Gasteiger partial charge in [0, 0.05) is 30.0 Å². The van der Waals surface area contributed by atoms with Crippen molar-refractivity contribution >= 4 is 0 Å². The summed E-state index contributed by atoms with van der Waals surface area (Å²) in [7, 11) is 0. The number of rotatable bonds is 8. The Balaban J connectivity index is 1.28. The lowest BCUT2D eigenvalue weighted by Gasteiger charge is -2.28. The Bertz CT molecular complexity index is 1270. The summed E-state index contributed by atoms with van der Waals surface area (Å²) in [5, 5.41) is 5.00. The van der Waals surface area contributed by atoms with Crippen molar-refractivity contribution in [2.24, 2.45) is 11.8 Å². The highest BCUT2D eigenvalue weighted by atomic mass is 19.1. The molecule has 186 valence electrons. The molecule has 1 aromatic heterocycles. The summed E-state index contributed by atoms with van der Waals surface area (Å²) >= 11 is 0. The Morgan fingerprint density at radius 2 is 1.53 bits per heavy atom. The van der Waals surface area contributed by atoms with Gasteiger partial charge in [0.05, 0.1) is 6.61 Å². The molecule has 0 saturated heterocycles. The van der Waals surface area contributed by atoms with E-state index >= 15 is 4.39 Å². The Morgan fingerprint density at radius 1 is 0.861 bits per heavy atom. The normalized spacial score (nSPS) is 17.9. The van der Waals surface area contributed by atoms with E-state index in [9.17, 15) is 0 Å². The molecule has 1 saturated carbocycles. The maximum absolute atomic E-state index is 15.0. The van der Waals surface area contributed by atoms with Crippen LogP contribution in [0.4, 0.5) is 4.39 Å². The second-order valence-electron chi connectivity index (χ2n) is 10.2. The Kier molecular flexibility index (Phi) is 7.62. The summed E-state index contributed by atoms with van der Waals surface area (Å²) in [6.45, 7) is 6.42. The maximum Gasteiger partial charge on any atom is 0.132 e. The van der Waals surface area contributed by atoms with E-state index < -0.39 is 0 Å². The van der Waals surface area contributed by atoms with Crippen LogP contribution in [0.2, 0.25) is 0 Å². The molecular weight excluding hydrogens is 447 g/mol. The third-order valence-electron chi connectivity index (χ3n) is 7.51. The molecule has 3 aromatic carbocycles. The van der Waals surface area contributed by atoms with Crippen molar-refractivity contribution in [2.75, 3.05) is 6.61 Å². The van der Waals surface area contributed by atoms with Gasteiger partial charge in [-0.1, -0.05) is 66.7 Å². The topological polar surface area (TPSA) is 27.1 Å². The number of ether oxygens (including phenoxy) is 1. The molecule has 5 rings (SSSR count). The average Bonchev–Trinajstić information content (AvgIpc) is 3.21. The van der Waals surface area contributed by atoms with Gasteiger partial charge in [0.1, 0.15) is 11.5 Å². The average molecular weight is 483 g/mol. The zero-order valence-electron chi connectivity index (χ0n) is 21.3. The first kappa shape index (κ1) is 24.5. The Morgan fingerprint density at radius 3 is 2.22 bits per heavy atom. The van der Waals surface area contributed by atoms with E-state index in [4.69, 9.17) is 9.84 Å². The molecule has 1 heterocycles. The molecule has 4 aromatic rings. The summed E-state index contributed by atoms with van der Waals surface area (Å²) in [5.74, 6) is 0.988. The van der Waals surface area contributed by atoms with Gasteiger partial charge in [0.15, 0.2) is 0 Å². The molecule has 1 aliphatic rings. The number of benzene rings is 3. The molecule has 4 heteroatoms. The predicted molar refractivity (Wildman–Crippen MR) is 144 cm³/mol. The first-order valence-electron chi connectivity index (χ1n) is 13.1. The van der Waals surface area contributed by atoms with Crippen LogP contribution in [0.1, 0.15) is 42.5 Å². The lowest BCUT2D eigenvalue weighted by atomic mass is 9.82. The monoisotopic (exact) mass is 482 g/mol. The van der Waals surface area contributed by atoms with Crippen LogP contribution >= 0.6 is 0 Å². The van der Waals surface area contributed by atoms with Crippen LogP contribution in [0.3, 0.4) is 0 Å². The smallest absolute Gasteiger partial charge is 0.132 e. The van der Waals surface area contributed by atoms with Crippen LogP contribution in [-0.2, 0) is 17.9 Å². The molecule has 3 nitrogen and oxygen atoms in total. The minimum absolute atomic E-state index is 0.215. The SMILES string of the molecule is Cc1ccc(-c2nn(CC3CCC(COCc4ccccc4)CC3)c(C)c2-c2ccccc2)c(F)c1. The molecule has 0 N–H and O–H groups in total. The molecule has 0 atom stereocenters. The number of hydrogen-bond acceptors (Lipinski definition) is 2. The van der Waals surface area contributed by atoms with Crippen LogP contribution in [0.25, 0.3) is 22.4 Å². The van der Waals surface area contributed by atoms with E-state index in [-0.39, 0.29) is 5.82 Å². The van der Waals surface area contributed by atoms with E-state index in [1.807, 2.05) is 43.3 Å². The molecule has 0 unspecified atom stereocenters. The predicted octanol–water partition coefficient (Wildman–Crippen LogP) is 8.00. The number of aromatic nitrogens is 2. The van der Waals surface area contributed by atoms with Gasteiger partial charge >= 0.3 is 0 Å². The quantitative estimate of drug-likeness (QED) is 0.254. The fraction of sp³-hybridized carbons (Fsp3) is 0.344. The van der Waals surface area contributed by atoms with Gasteiger partial charge in [-0.2, -0.15) is 5.10 Å². The first-order valence-corrected chi connectivity index (χ1v) is 13.1.